The second-order valence-corrected chi connectivity index (χ2v) is 4.84. The number of hydrogen-bond donors (Lipinski definition) is 2. The summed E-state index contributed by atoms with van der Waals surface area (Å²) in [6, 6.07) is 6.11. The predicted molar refractivity (Wildman–Crippen MR) is 66.0 cm³/mol. The third-order valence-electron chi connectivity index (χ3n) is 2.98. The van der Waals surface area contributed by atoms with Gasteiger partial charge in [-0.15, -0.1) is 0 Å². The molecule has 1 saturated heterocycles. The van der Waals surface area contributed by atoms with Crippen molar-refractivity contribution in [1.82, 2.24) is 4.90 Å². The molecule has 2 N–H and O–H groups in total. The molecule has 0 spiro atoms. The highest BCUT2D eigenvalue weighted by molar-refractivity contribution is 5.95. The molecule has 1 aromatic carbocycles. The zero-order valence-electron chi connectivity index (χ0n) is 10.5. The summed E-state index contributed by atoms with van der Waals surface area (Å²) in [6.45, 7) is 2.08. The Morgan fingerprint density at radius 3 is 2.68 bits per heavy atom. The second kappa shape index (κ2) is 4.89. The van der Waals surface area contributed by atoms with Gasteiger partial charge in [-0.05, 0) is 25.1 Å². The maximum Gasteiger partial charge on any atom is 0.329 e. The van der Waals surface area contributed by atoms with Crippen LogP contribution in [-0.2, 0) is 9.53 Å². The Balaban J connectivity index is 1.93. The van der Waals surface area contributed by atoms with Gasteiger partial charge in [-0.3, -0.25) is 4.79 Å². The predicted octanol–water partition coefficient (Wildman–Crippen LogP) is 0.708. The van der Waals surface area contributed by atoms with E-state index in [0.717, 1.165) is 0 Å². The van der Waals surface area contributed by atoms with E-state index in [1.54, 1.807) is 24.0 Å². The van der Waals surface area contributed by atoms with E-state index in [1.165, 1.54) is 12.1 Å². The van der Waals surface area contributed by atoms with Gasteiger partial charge in [-0.25, -0.2) is 4.79 Å². The number of aromatic hydroxyl groups is 1. The van der Waals surface area contributed by atoms with Gasteiger partial charge in [0.15, 0.2) is 0 Å². The van der Waals surface area contributed by atoms with Crippen molar-refractivity contribution in [2.45, 2.75) is 12.5 Å². The molecule has 0 saturated carbocycles. The number of benzene rings is 1. The Kier molecular flexibility index (Phi) is 3.44. The van der Waals surface area contributed by atoms with Gasteiger partial charge < -0.3 is 19.8 Å². The van der Waals surface area contributed by atoms with Crippen molar-refractivity contribution in [2.75, 3.05) is 19.7 Å². The summed E-state index contributed by atoms with van der Waals surface area (Å²) in [5.74, 6) is -1.19. The van der Waals surface area contributed by atoms with Crippen molar-refractivity contribution >= 4 is 11.9 Å². The molecule has 1 aliphatic rings. The van der Waals surface area contributed by atoms with Gasteiger partial charge in [0.05, 0.1) is 13.1 Å². The Labute approximate surface area is 110 Å². The number of phenolic OH excluding ortho intramolecular Hbond substituents is 1. The van der Waals surface area contributed by atoms with Crippen molar-refractivity contribution in [3.05, 3.63) is 29.8 Å². The molecule has 6 heteroatoms. The Morgan fingerprint density at radius 1 is 1.42 bits per heavy atom. The van der Waals surface area contributed by atoms with Gasteiger partial charge in [0.1, 0.15) is 18.0 Å². The first kappa shape index (κ1) is 13.4. The van der Waals surface area contributed by atoms with Gasteiger partial charge in [0.2, 0.25) is 0 Å². The Hall–Kier alpha value is -2.08. The topological polar surface area (TPSA) is 87.1 Å². The molecule has 0 atom stereocenters. The van der Waals surface area contributed by atoms with Gasteiger partial charge in [-0.1, -0.05) is 6.07 Å². The van der Waals surface area contributed by atoms with E-state index in [9.17, 15) is 14.7 Å². The van der Waals surface area contributed by atoms with Crippen molar-refractivity contribution in [1.29, 1.82) is 0 Å². The maximum absolute atomic E-state index is 12.0. The standard InChI is InChI=1S/C13H15NO5/c1-13(19-6-11(16)17)7-14(8-13)12(18)9-3-2-4-10(15)5-9/h2-5,15H,6-8H2,1H3,(H,16,17). The van der Waals surface area contributed by atoms with E-state index in [4.69, 9.17) is 9.84 Å². The summed E-state index contributed by atoms with van der Waals surface area (Å²) in [5.41, 5.74) is -0.203. The summed E-state index contributed by atoms with van der Waals surface area (Å²) in [6.07, 6.45) is 0. The molecule has 102 valence electrons. The second-order valence-electron chi connectivity index (χ2n) is 4.84. The molecule has 1 aliphatic heterocycles. The number of carbonyl (C=O) groups is 2. The zero-order valence-corrected chi connectivity index (χ0v) is 10.5. The summed E-state index contributed by atoms with van der Waals surface area (Å²) in [4.78, 5) is 24.0. The van der Waals surface area contributed by atoms with Crippen LogP contribution in [0.4, 0.5) is 0 Å². The van der Waals surface area contributed by atoms with E-state index >= 15 is 0 Å². The normalized spacial score (nSPS) is 16.8. The van der Waals surface area contributed by atoms with Crippen LogP contribution in [0.5, 0.6) is 5.75 Å². The van der Waals surface area contributed by atoms with Gasteiger partial charge in [-0.2, -0.15) is 0 Å². The fourth-order valence-corrected chi connectivity index (χ4v) is 2.05. The molecule has 2 rings (SSSR count). The first-order valence-corrected chi connectivity index (χ1v) is 5.84. The van der Waals surface area contributed by atoms with Crippen LogP contribution < -0.4 is 0 Å². The summed E-state index contributed by atoms with van der Waals surface area (Å²) >= 11 is 0. The van der Waals surface area contributed by atoms with Gasteiger partial charge >= 0.3 is 5.97 Å². The molecule has 0 aliphatic carbocycles. The minimum Gasteiger partial charge on any atom is -0.508 e. The largest absolute Gasteiger partial charge is 0.508 e. The summed E-state index contributed by atoms with van der Waals surface area (Å²) in [7, 11) is 0. The molecule has 1 aromatic rings. The zero-order chi connectivity index (χ0) is 14.0. The molecule has 1 amide bonds. The molecule has 0 unspecified atom stereocenters. The van der Waals surface area contributed by atoms with Crippen LogP contribution in [0, 0.1) is 0 Å². The third-order valence-corrected chi connectivity index (χ3v) is 2.98. The lowest BCUT2D eigenvalue weighted by atomic mass is 9.95. The number of nitrogens with zero attached hydrogens (tertiary/aromatic N) is 1. The molecule has 0 bridgehead atoms. The minimum atomic E-state index is -1.03. The van der Waals surface area contributed by atoms with Crippen molar-refractivity contribution < 1.29 is 24.5 Å². The molecule has 19 heavy (non-hydrogen) atoms. The van der Waals surface area contributed by atoms with E-state index in [0.29, 0.717) is 18.7 Å². The summed E-state index contributed by atoms with van der Waals surface area (Å²) < 4.78 is 5.22. The van der Waals surface area contributed by atoms with E-state index in [2.05, 4.69) is 0 Å². The molecule has 6 nitrogen and oxygen atoms in total. The van der Waals surface area contributed by atoms with Crippen LogP contribution in [0.15, 0.2) is 24.3 Å². The number of aliphatic carboxylic acids is 1. The lowest BCUT2D eigenvalue weighted by Crippen LogP contribution is -2.63. The first-order valence-electron chi connectivity index (χ1n) is 5.84. The number of hydrogen-bond acceptors (Lipinski definition) is 4. The average Bonchev–Trinajstić information content (AvgIpc) is 2.32. The number of phenols is 1. The lowest BCUT2D eigenvalue weighted by molar-refractivity contribution is -0.159. The quantitative estimate of drug-likeness (QED) is 0.837. The number of carbonyl (C=O) groups excluding carboxylic acids is 1. The number of likely N-dealkylation sites (tertiary alicyclic amines) is 1. The van der Waals surface area contributed by atoms with Crippen molar-refractivity contribution in [3.8, 4) is 5.75 Å². The molecule has 0 aromatic heterocycles. The fraction of sp³-hybridized carbons (Fsp3) is 0.385. The van der Waals surface area contributed by atoms with Crippen LogP contribution in [0.2, 0.25) is 0 Å². The Morgan fingerprint density at radius 2 is 2.11 bits per heavy atom. The molecule has 1 fully saturated rings. The van der Waals surface area contributed by atoms with Crippen LogP contribution in [-0.4, -0.2) is 52.3 Å². The third kappa shape index (κ3) is 3.03. The van der Waals surface area contributed by atoms with Crippen LogP contribution in [0.1, 0.15) is 17.3 Å². The number of carboxylic acid groups (broad SMARTS) is 1. The van der Waals surface area contributed by atoms with Crippen molar-refractivity contribution in [2.24, 2.45) is 0 Å². The van der Waals surface area contributed by atoms with E-state index in [-0.39, 0.29) is 18.3 Å². The van der Waals surface area contributed by atoms with E-state index in [1.807, 2.05) is 0 Å². The molecule has 0 radical (unpaired) electrons. The SMILES string of the molecule is CC1(OCC(=O)O)CN(C(=O)c2cccc(O)c2)C1. The summed E-state index contributed by atoms with van der Waals surface area (Å²) in [5, 5.41) is 17.9. The highest BCUT2D eigenvalue weighted by Gasteiger charge is 2.42. The number of amides is 1. The molecular formula is C13H15NO5. The van der Waals surface area contributed by atoms with Gasteiger partial charge in [0, 0.05) is 5.56 Å². The van der Waals surface area contributed by atoms with Crippen LogP contribution in [0.3, 0.4) is 0 Å². The van der Waals surface area contributed by atoms with Gasteiger partial charge in [0.25, 0.3) is 5.91 Å². The average molecular weight is 265 g/mol. The van der Waals surface area contributed by atoms with Crippen molar-refractivity contribution in [3.63, 3.8) is 0 Å². The van der Waals surface area contributed by atoms with Crippen LogP contribution in [0.25, 0.3) is 0 Å². The van der Waals surface area contributed by atoms with E-state index < -0.39 is 11.6 Å². The number of ether oxygens (including phenoxy) is 1. The monoisotopic (exact) mass is 265 g/mol. The number of rotatable bonds is 4. The minimum absolute atomic E-state index is 0.0382. The Bertz CT molecular complexity index is 508. The number of carboxylic acids is 1. The smallest absolute Gasteiger partial charge is 0.329 e. The highest BCUT2D eigenvalue weighted by Crippen LogP contribution is 2.26. The fourth-order valence-electron chi connectivity index (χ4n) is 2.05. The first-order chi connectivity index (χ1) is 8.89. The molecular weight excluding hydrogens is 250 g/mol. The van der Waals surface area contributed by atoms with Crippen LogP contribution >= 0.6 is 0 Å². The highest BCUT2D eigenvalue weighted by atomic mass is 16.5. The molecule has 1 heterocycles. The maximum atomic E-state index is 12.0. The lowest BCUT2D eigenvalue weighted by Gasteiger charge is -2.47.